The van der Waals surface area contributed by atoms with Gasteiger partial charge in [-0.05, 0) is 48.7 Å². The van der Waals surface area contributed by atoms with Crippen LogP contribution in [0, 0.1) is 0 Å². The molecule has 0 aliphatic heterocycles. The van der Waals surface area contributed by atoms with Crippen molar-refractivity contribution in [1.82, 2.24) is 0 Å². The van der Waals surface area contributed by atoms with Crippen molar-refractivity contribution in [3.8, 4) is 0 Å². The summed E-state index contributed by atoms with van der Waals surface area (Å²) < 4.78 is 0. The van der Waals surface area contributed by atoms with Crippen molar-refractivity contribution in [3.05, 3.63) is 78.9 Å². The third-order valence-electron chi connectivity index (χ3n) is 2.87. The highest BCUT2D eigenvalue weighted by Gasteiger charge is 1.97. The Bertz CT molecular complexity index is 596. The molecule has 0 heterocycles. The molecule has 0 bridgehead atoms. The number of hydrogen-bond acceptors (Lipinski definition) is 0. The summed E-state index contributed by atoms with van der Waals surface area (Å²) in [6, 6.07) is 15.1. The van der Waals surface area contributed by atoms with E-state index in [0.29, 0.717) is 0 Å². The summed E-state index contributed by atoms with van der Waals surface area (Å²) in [6.07, 6.45) is 4.34. The third-order valence-corrected chi connectivity index (χ3v) is 2.87. The Morgan fingerprint density at radius 1 is 0.850 bits per heavy atom. The lowest BCUT2D eigenvalue weighted by atomic mass is 10.0. The van der Waals surface area contributed by atoms with Gasteiger partial charge in [-0.25, -0.2) is 0 Å². The molecule has 0 aliphatic rings. The zero-order valence-electron chi connectivity index (χ0n) is 12.1. The summed E-state index contributed by atoms with van der Waals surface area (Å²) in [4.78, 5) is 0. The molecule has 106 valence electrons. The molecule has 20 heavy (non-hydrogen) atoms. The van der Waals surface area contributed by atoms with E-state index in [9.17, 15) is 0 Å². The fourth-order valence-corrected chi connectivity index (χ4v) is 1.82. The number of hydrogen-bond donors (Lipinski definition) is 0. The molecule has 0 aromatic heterocycles. The smallest absolute Gasteiger partial charge is 0.0178 e. The number of benzene rings is 2. The maximum atomic E-state index is 3.00. The molecule has 0 amide bonds. The summed E-state index contributed by atoms with van der Waals surface area (Å²) in [5, 5.41) is 2.60. The van der Waals surface area contributed by atoms with Crippen molar-refractivity contribution >= 4 is 16.3 Å². The molecule has 0 unspecified atom stereocenters. The van der Waals surface area contributed by atoms with Crippen LogP contribution in [0.25, 0.3) is 16.3 Å². The Balaban J connectivity index is 0.00000115. The Labute approximate surface area is 124 Å². The van der Waals surface area contributed by atoms with Gasteiger partial charge in [-0.2, -0.15) is 0 Å². The van der Waals surface area contributed by atoms with Crippen LogP contribution in [0.1, 0.15) is 33.8 Å². The second-order valence-electron chi connectivity index (χ2n) is 4.66. The van der Waals surface area contributed by atoms with E-state index in [1.54, 1.807) is 0 Å². The Morgan fingerprint density at radius 2 is 1.45 bits per heavy atom. The van der Waals surface area contributed by atoms with E-state index < -0.39 is 0 Å². The van der Waals surface area contributed by atoms with E-state index in [1.807, 2.05) is 0 Å². The average Bonchev–Trinajstić information content (AvgIpc) is 2.46. The SMILES string of the molecule is C.C=C.CC(C)=C/C=C(\C)c1ccc2ccccc2c1. The van der Waals surface area contributed by atoms with E-state index in [-0.39, 0.29) is 7.43 Å². The van der Waals surface area contributed by atoms with Crippen LogP contribution in [-0.4, -0.2) is 0 Å². The highest BCUT2D eigenvalue weighted by molar-refractivity contribution is 5.86. The van der Waals surface area contributed by atoms with Crippen molar-refractivity contribution in [2.75, 3.05) is 0 Å². The monoisotopic (exact) mass is 266 g/mol. The van der Waals surface area contributed by atoms with Crippen LogP contribution in [-0.2, 0) is 0 Å². The zero-order valence-corrected chi connectivity index (χ0v) is 12.1. The summed E-state index contributed by atoms with van der Waals surface area (Å²) in [5.41, 5.74) is 3.92. The van der Waals surface area contributed by atoms with Crippen LogP contribution in [0.5, 0.6) is 0 Å². The Morgan fingerprint density at radius 3 is 2.05 bits per heavy atom. The largest absolute Gasteiger partial charge is 0.106 e. The Kier molecular flexibility index (Phi) is 8.00. The van der Waals surface area contributed by atoms with Gasteiger partial charge in [0.25, 0.3) is 0 Å². The molecule has 0 spiro atoms. The molecule has 2 aromatic carbocycles. The molecular formula is C20H26. The van der Waals surface area contributed by atoms with Gasteiger partial charge >= 0.3 is 0 Å². The van der Waals surface area contributed by atoms with Gasteiger partial charge in [0.05, 0.1) is 0 Å². The minimum Gasteiger partial charge on any atom is -0.106 e. The number of allylic oxidation sites excluding steroid dienone is 4. The molecule has 2 aromatic rings. The highest BCUT2D eigenvalue weighted by Crippen LogP contribution is 2.21. The minimum atomic E-state index is 0. The minimum absolute atomic E-state index is 0. The number of fused-ring (bicyclic) bond motifs is 1. The van der Waals surface area contributed by atoms with Crippen molar-refractivity contribution < 1.29 is 0 Å². The van der Waals surface area contributed by atoms with Crippen LogP contribution in [0.4, 0.5) is 0 Å². The van der Waals surface area contributed by atoms with E-state index in [1.165, 1.54) is 27.5 Å². The molecule has 0 heteroatoms. The van der Waals surface area contributed by atoms with Gasteiger partial charge in [0.15, 0.2) is 0 Å². The van der Waals surface area contributed by atoms with Gasteiger partial charge in [-0.1, -0.05) is 61.5 Å². The van der Waals surface area contributed by atoms with Crippen molar-refractivity contribution in [2.24, 2.45) is 0 Å². The summed E-state index contributed by atoms with van der Waals surface area (Å²) >= 11 is 0. The molecule has 0 saturated heterocycles. The third kappa shape index (κ3) is 4.89. The molecule has 0 atom stereocenters. The highest BCUT2D eigenvalue weighted by atomic mass is 14.0. The lowest BCUT2D eigenvalue weighted by Crippen LogP contribution is -1.80. The second kappa shape index (κ2) is 8.92. The van der Waals surface area contributed by atoms with E-state index in [4.69, 9.17) is 0 Å². The summed E-state index contributed by atoms with van der Waals surface area (Å²) in [6.45, 7) is 12.4. The zero-order chi connectivity index (χ0) is 14.3. The van der Waals surface area contributed by atoms with E-state index in [2.05, 4.69) is 88.5 Å². The Hall–Kier alpha value is -2.08. The maximum absolute atomic E-state index is 3.00. The van der Waals surface area contributed by atoms with Gasteiger partial charge in [-0.15, -0.1) is 13.2 Å². The quantitative estimate of drug-likeness (QED) is 0.422. The van der Waals surface area contributed by atoms with Crippen molar-refractivity contribution in [3.63, 3.8) is 0 Å². The summed E-state index contributed by atoms with van der Waals surface area (Å²) in [7, 11) is 0. The van der Waals surface area contributed by atoms with Crippen LogP contribution in [0.3, 0.4) is 0 Å². The second-order valence-corrected chi connectivity index (χ2v) is 4.66. The molecular weight excluding hydrogens is 240 g/mol. The normalized spacial score (nSPS) is 10.1. The van der Waals surface area contributed by atoms with Crippen LogP contribution >= 0.6 is 0 Å². The average molecular weight is 266 g/mol. The predicted octanol–water partition coefficient (Wildman–Crippen LogP) is 6.65. The van der Waals surface area contributed by atoms with Crippen LogP contribution in [0.2, 0.25) is 0 Å². The molecule has 0 saturated carbocycles. The lowest BCUT2D eigenvalue weighted by molar-refractivity contribution is 1.39. The van der Waals surface area contributed by atoms with Gasteiger partial charge < -0.3 is 0 Å². The molecule has 0 aliphatic carbocycles. The molecule has 0 nitrogen and oxygen atoms in total. The van der Waals surface area contributed by atoms with Gasteiger partial charge in [-0.3, -0.25) is 0 Å². The van der Waals surface area contributed by atoms with Gasteiger partial charge in [0.1, 0.15) is 0 Å². The first kappa shape index (κ1) is 17.9. The van der Waals surface area contributed by atoms with Crippen molar-refractivity contribution in [2.45, 2.75) is 28.2 Å². The first-order chi connectivity index (χ1) is 9.16. The van der Waals surface area contributed by atoms with E-state index in [0.717, 1.165) is 0 Å². The van der Waals surface area contributed by atoms with E-state index >= 15 is 0 Å². The van der Waals surface area contributed by atoms with Gasteiger partial charge in [0, 0.05) is 0 Å². The van der Waals surface area contributed by atoms with Gasteiger partial charge in [0.2, 0.25) is 0 Å². The number of rotatable bonds is 2. The molecule has 2 rings (SSSR count). The fourth-order valence-electron chi connectivity index (χ4n) is 1.82. The maximum Gasteiger partial charge on any atom is -0.0178 e. The molecule has 0 radical (unpaired) electrons. The predicted molar refractivity (Wildman–Crippen MR) is 95.0 cm³/mol. The fraction of sp³-hybridized carbons (Fsp3) is 0.200. The standard InChI is InChI=1S/C17H18.C2H4.CH4/c1-13(2)8-9-14(3)16-11-10-15-6-4-5-7-17(15)12-16;1-2;/h4-12H,1-3H3;1-2H2;1H4/b14-9+;;. The topological polar surface area (TPSA) is 0 Å². The van der Waals surface area contributed by atoms with Crippen molar-refractivity contribution in [1.29, 1.82) is 0 Å². The van der Waals surface area contributed by atoms with Crippen LogP contribution in [0.15, 0.2) is 73.3 Å². The first-order valence-electron chi connectivity index (χ1n) is 6.48. The lowest BCUT2D eigenvalue weighted by Gasteiger charge is -2.03. The van der Waals surface area contributed by atoms with Crippen LogP contribution < -0.4 is 0 Å². The first-order valence-corrected chi connectivity index (χ1v) is 6.48. The summed E-state index contributed by atoms with van der Waals surface area (Å²) in [5.74, 6) is 0. The molecule has 0 N–H and O–H groups in total. The molecule has 0 fully saturated rings.